The van der Waals surface area contributed by atoms with Crippen molar-refractivity contribution in [3.8, 4) is 0 Å². The Balaban J connectivity index is 1.37. The Morgan fingerprint density at radius 3 is 2.41 bits per heavy atom. The highest BCUT2D eigenvalue weighted by Gasteiger charge is 2.61. The molecule has 3 aliphatic rings. The minimum atomic E-state index is -3.42. The number of benzene rings is 1. The minimum Gasteiger partial charge on any atom is -0.465 e. The van der Waals surface area contributed by atoms with E-state index in [2.05, 4.69) is 29.0 Å². The van der Waals surface area contributed by atoms with Crippen LogP contribution in [0, 0.1) is 0 Å². The molecule has 1 heterocycles. The van der Waals surface area contributed by atoms with Crippen molar-refractivity contribution in [3.05, 3.63) is 35.9 Å². The molecule has 2 saturated carbocycles. The lowest BCUT2D eigenvalue weighted by Gasteiger charge is -2.33. The van der Waals surface area contributed by atoms with Gasteiger partial charge in [0.2, 0.25) is 10.0 Å². The summed E-state index contributed by atoms with van der Waals surface area (Å²) in [4.78, 5) is 13.4. The number of hydrogen-bond acceptors (Lipinski definition) is 4. The molecule has 2 N–H and O–H groups in total. The molecule has 29 heavy (non-hydrogen) atoms. The maximum absolute atomic E-state index is 11.9. The molecule has 1 amide bonds. The average molecular weight is 423 g/mol. The molecule has 1 aromatic rings. The Bertz CT molecular complexity index is 832. The summed E-state index contributed by atoms with van der Waals surface area (Å²) in [6.45, 7) is 0.238. The van der Waals surface area contributed by atoms with Crippen LogP contribution in [0.4, 0.5) is 4.79 Å². The van der Waals surface area contributed by atoms with Crippen LogP contribution in [0.15, 0.2) is 30.3 Å². The highest BCUT2D eigenvalue weighted by molar-refractivity contribution is 7.88. The quantitative estimate of drug-likeness (QED) is 0.735. The normalized spacial score (nSPS) is 31.1. The first kappa shape index (κ1) is 20.6. The van der Waals surface area contributed by atoms with E-state index in [0.29, 0.717) is 12.3 Å². The van der Waals surface area contributed by atoms with E-state index in [9.17, 15) is 18.3 Å². The largest absolute Gasteiger partial charge is 0.465 e. The van der Waals surface area contributed by atoms with Crippen LogP contribution < -0.4 is 4.72 Å². The van der Waals surface area contributed by atoms with Crippen molar-refractivity contribution >= 4 is 16.1 Å². The molecule has 0 unspecified atom stereocenters. The first-order chi connectivity index (χ1) is 13.8. The number of rotatable bonds is 6. The van der Waals surface area contributed by atoms with E-state index in [1.54, 1.807) is 0 Å². The summed E-state index contributed by atoms with van der Waals surface area (Å²) in [5, 5.41) is 9.77. The molecule has 1 aromatic carbocycles. The number of amides is 1. The lowest BCUT2D eigenvalue weighted by Crippen LogP contribution is -2.50. The van der Waals surface area contributed by atoms with Crippen LogP contribution in [0.5, 0.6) is 0 Å². The van der Waals surface area contributed by atoms with Crippen LogP contribution in [-0.2, 0) is 14.8 Å². The van der Waals surface area contributed by atoms with Crippen molar-refractivity contribution in [3.63, 3.8) is 0 Å². The smallest absolute Gasteiger partial charge is 0.408 e. The molecule has 4 rings (SSSR count). The summed E-state index contributed by atoms with van der Waals surface area (Å²) in [7, 11) is -3.42. The van der Waals surface area contributed by atoms with Crippen LogP contribution in [0.25, 0.3) is 0 Å². The van der Waals surface area contributed by atoms with E-state index in [-0.39, 0.29) is 12.7 Å². The molecule has 160 valence electrons. The number of hydrogen-bond donors (Lipinski definition) is 2. The summed E-state index contributed by atoms with van der Waals surface area (Å²) in [5.41, 5.74) is 0.958. The third-order valence-electron chi connectivity index (χ3n) is 6.75. The van der Waals surface area contributed by atoms with Crippen LogP contribution in [-0.4, -0.2) is 61.1 Å². The lowest BCUT2D eigenvalue weighted by molar-refractivity contribution is -0.00900. The number of carbonyl (C=O) groups is 1. The van der Waals surface area contributed by atoms with Gasteiger partial charge in [-0.05, 0) is 56.4 Å². The molecule has 1 spiro atoms. The third kappa shape index (κ3) is 4.59. The monoisotopic (exact) mass is 422 g/mol. The van der Waals surface area contributed by atoms with Crippen molar-refractivity contribution in [2.75, 3.05) is 12.9 Å². The summed E-state index contributed by atoms with van der Waals surface area (Å²) < 4.78 is 32.4. The molecule has 1 saturated heterocycles. The zero-order valence-corrected chi connectivity index (χ0v) is 17.6. The summed E-state index contributed by atoms with van der Waals surface area (Å²) >= 11 is 0. The van der Waals surface area contributed by atoms with Crippen molar-refractivity contribution in [2.24, 2.45) is 0 Å². The predicted octanol–water partition coefficient (Wildman–Crippen LogP) is 2.93. The molecule has 0 aromatic heterocycles. The topological polar surface area (TPSA) is 95.9 Å². The zero-order valence-electron chi connectivity index (χ0n) is 16.8. The number of nitrogens with one attached hydrogen (secondary N) is 1. The van der Waals surface area contributed by atoms with Gasteiger partial charge >= 0.3 is 6.09 Å². The minimum absolute atomic E-state index is 0.0974. The molecule has 3 fully saturated rings. The summed E-state index contributed by atoms with van der Waals surface area (Å²) in [6.07, 6.45) is 6.33. The molecule has 8 heteroatoms. The maximum Gasteiger partial charge on any atom is 0.408 e. The number of carboxylic acid groups (broad SMARTS) is 1. The van der Waals surface area contributed by atoms with Crippen molar-refractivity contribution in [2.45, 2.75) is 74.6 Å². The molecule has 1 aliphatic heterocycles. The van der Waals surface area contributed by atoms with Crippen LogP contribution in [0.1, 0.15) is 56.4 Å². The van der Waals surface area contributed by atoms with Crippen LogP contribution >= 0.6 is 0 Å². The van der Waals surface area contributed by atoms with Gasteiger partial charge < -0.3 is 9.84 Å². The molecule has 2 atom stereocenters. The van der Waals surface area contributed by atoms with E-state index in [1.165, 1.54) is 10.5 Å². The molecular formula is C21H30N2O5S. The van der Waals surface area contributed by atoms with Gasteiger partial charge in [0.1, 0.15) is 0 Å². The molecule has 7 nitrogen and oxygen atoms in total. The van der Waals surface area contributed by atoms with E-state index in [0.717, 1.165) is 44.8 Å². The zero-order chi connectivity index (χ0) is 20.6. The number of likely N-dealkylation sites (tertiary alicyclic amines) is 1. The van der Waals surface area contributed by atoms with Crippen LogP contribution in [0.3, 0.4) is 0 Å². The Labute approximate surface area is 172 Å². The summed E-state index contributed by atoms with van der Waals surface area (Å²) in [5.74, 6) is 0.549. The second-order valence-electron chi connectivity index (χ2n) is 8.86. The first-order valence-electron chi connectivity index (χ1n) is 10.4. The van der Waals surface area contributed by atoms with E-state index in [1.807, 2.05) is 6.07 Å². The maximum atomic E-state index is 11.9. The summed E-state index contributed by atoms with van der Waals surface area (Å²) in [6, 6.07) is 9.61. The number of ether oxygens (including phenoxy) is 1. The molecular weight excluding hydrogens is 392 g/mol. The van der Waals surface area contributed by atoms with Crippen LogP contribution in [0.2, 0.25) is 0 Å². The van der Waals surface area contributed by atoms with Gasteiger partial charge in [0, 0.05) is 11.6 Å². The van der Waals surface area contributed by atoms with E-state index in [4.69, 9.17) is 4.74 Å². The number of sulfonamides is 1. The van der Waals surface area contributed by atoms with E-state index >= 15 is 0 Å². The van der Waals surface area contributed by atoms with E-state index < -0.39 is 33.7 Å². The number of nitrogens with zero attached hydrogens (tertiary/aromatic N) is 1. The van der Waals surface area contributed by atoms with Gasteiger partial charge in [0.15, 0.2) is 0 Å². The predicted molar refractivity (Wildman–Crippen MR) is 109 cm³/mol. The fraction of sp³-hybridized carbons (Fsp3) is 0.667. The highest BCUT2D eigenvalue weighted by Crippen LogP contribution is 2.52. The Hall–Kier alpha value is -1.64. The van der Waals surface area contributed by atoms with Crippen molar-refractivity contribution < 1.29 is 23.1 Å². The second kappa shape index (κ2) is 7.89. The first-order valence-corrected chi connectivity index (χ1v) is 12.3. The van der Waals surface area contributed by atoms with Gasteiger partial charge in [0.25, 0.3) is 0 Å². The Morgan fingerprint density at radius 1 is 1.21 bits per heavy atom. The van der Waals surface area contributed by atoms with Gasteiger partial charge in [-0.25, -0.2) is 17.9 Å². The SMILES string of the molecule is CS(=O)(=O)N[C@@H]1CC2(CC2)N(C(=O)O)[C@@H]1CO[C@H]1CC[C@@H](c2ccccc2)CC1. The standard InChI is InChI=1S/C21H30N2O5S/c1-29(26,27)22-18-13-21(11-12-21)23(20(24)25)19(18)14-28-17-9-7-16(8-10-17)15-5-3-2-4-6-15/h2-6,16-19,22H,7-14H2,1H3,(H,24,25)/t16-,17+,18-,19-/m1/s1. The van der Waals surface area contributed by atoms with Gasteiger partial charge in [-0.3, -0.25) is 4.90 Å². The molecule has 0 bridgehead atoms. The average Bonchev–Trinajstić information content (AvgIpc) is 3.36. The Morgan fingerprint density at radius 2 is 1.86 bits per heavy atom. The highest BCUT2D eigenvalue weighted by atomic mass is 32.2. The molecule has 2 aliphatic carbocycles. The van der Waals surface area contributed by atoms with Gasteiger partial charge in [-0.15, -0.1) is 0 Å². The second-order valence-corrected chi connectivity index (χ2v) is 10.6. The van der Waals surface area contributed by atoms with Crippen molar-refractivity contribution in [1.29, 1.82) is 0 Å². The van der Waals surface area contributed by atoms with Gasteiger partial charge in [-0.1, -0.05) is 30.3 Å². The Kier molecular flexibility index (Phi) is 5.61. The van der Waals surface area contributed by atoms with Gasteiger partial charge in [-0.2, -0.15) is 0 Å². The lowest BCUT2D eigenvalue weighted by atomic mass is 9.83. The fourth-order valence-corrected chi connectivity index (χ4v) is 6.01. The van der Waals surface area contributed by atoms with Gasteiger partial charge in [0.05, 0.1) is 25.0 Å². The fourth-order valence-electron chi connectivity index (χ4n) is 5.22. The molecule has 0 radical (unpaired) electrons. The third-order valence-corrected chi connectivity index (χ3v) is 7.48. The van der Waals surface area contributed by atoms with Crippen molar-refractivity contribution in [1.82, 2.24) is 9.62 Å².